The molecule has 0 aliphatic rings. The summed E-state index contributed by atoms with van der Waals surface area (Å²) in [5.74, 6) is 0. The van der Waals surface area contributed by atoms with Crippen LogP contribution in [0.15, 0.2) is 60.8 Å². The van der Waals surface area contributed by atoms with Crippen molar-refractivity contribution in [2.45, 2.75) is 19.2 Å². The van der Waals surface area contributed by atoms with Gasteiger partial charge in [-0.15, -0.1) is 11.6 Å². The van der Waals surface area contributed by atoms with Gasteiger partial charge in [-0.2, -0.15) is 0 Å². The van der Waals surface area contributed by atoms with Crippen LogP contribution >= 0.6 is 11.6 Å². The van der Waals surface area contributed by atoms with Crippen LogP contribution in [-0.2, 0) is 0 Å². The molecule has 0 saturated heterocycles. The maximum atomic E-state index is 5.80. The van der Waals surface area contributed by atoms with Gasteiger partial charge in [0.2, 0.25) is 0 Å². The Hall–Kier alpha value is -1.73. The smallest absolute Gasteiger partial charge is 0.0557 e. The Morgan fingerprint density at radius 3 is 2.16 bits per heavy atom. The highest BCUT2D eigenvalue weighted by atomic mass is 35.5. The van der Waals surface area contributed by atoms with E-state index in [2.05, 4.69) is 30.1 Å². The molecule has 0 radical (unpaired) electrons. The Morgan fingerprint density at radius 2 is 1.58 bits per heavy atom. The molecule has 2 heteroatoms. The van der Waals surface area contributed by atoms with Crippen molar-refractivity contribution in [3.8, 4) is 0 Å². The first-order valence-electron chi connectivity index (χ1n) is 6.40. The van der Waals surface area contributed by atoms with Gasteiger partial charge in [-0.1, -0.05) is 48.5 Å². The standard InChI is InChI=1S/C9H9N.C8H9Cl/c1-7-6-10-9-5-3-2-4-8(7)9;1-7(9)8-5-3-2-4-6-8/h2-6,10H,1H3;2-7H,1H3. The van der Waals surface area contributed by atoms with Crippen molar-refractivity contribution < 1.29 is 0 Å². The lowest BCUT2D eigenvalue weighted by atomic mass is 10.2. The lowest BCUT2D eigenvalue weighted by Gasteiger charge is -1.99. The first-order chi connectivity index (χ1) is 9.18. The highest BCUT2D eigenvalue weighted by Gasteiger charge is 1.96. The Morgan fingerprint density at radius 1 is 0.947 bits per heavy atom. The van der Waals surface area contributed by atoms with E-state index >= 15 is 0 Å². The van der Waals surface area contributed by atoms with E-state index in [1.165, 1.54) is 22.0 Å². The molecule has 0 aliphatic heterocycles. The zero-order valence-electron chi connectivity index (χ0n) is 11.2. The van der Waals surface area contributed by atoms with E-state index in [0.717, 1.165) is 0 Å². The minimum Gasteiger partial charge on any atom is -0.361 e. The molecule has 1 atom stereocenters. The SMILES string of the molecule is CC(Cl)c1ccccc1.Cc1c[nH]c2ccccc12. The normalized spacial score (nSPS) is 11.7. The van der Waals surface area contributed by atoms with Crippen LogP contribution in [0.3, 0.4) is 0 Å². The first kappa shape index (κ1) is 13.7. The van der Waals surface area contributed by atoms with Gasteiger partial charge in [-0.25, -0.2) is 0 Å². The topological polar surface area (TPSA) is 15.8 Å². The summed E-state index contributed by atoms with van der Waals surface area (Å²) in [6.07, 6.45) is 2.03. The monoisotopic (exact) mass is 271 g/mol. The van der Waals surface area contributed by atoms with E-state index in [9.17, 15) is 0 Å². The number of rotatable bonds is 1. The predicted molar refractivity (Wildman–Crippen MR) is 83.7 cm³/mol. The van der Waals surface area contributed by atoms with Crippen molar-refractivity contribution >= 4 is 22.5 Å². The minimum absolute atomic E-state index is 0.131. The number of aromatic amines is 1. The molecular weight excluding hydrogens is 254 g/mol. The van der Waals surface area contributed by atoms with Crippen LogP contribution in [-0.4, -0.2) is 4.98 Å². The minimum atomic E-state index is 0.131. The van der Waals surface area contributed by atoms with E-state index in [-0.39, 0.29) is 5.38 Å². The number of hydrogen-bond donors (Lipinski definition) is 1. The molecule has 1 heterocycles. The first-order valence-corrected chi connectivity index (χ1v) is 6.84. The quantitative estimate of drug-likeness (QED) is 0.566. The number of H-pyrrole nitrogens is 1. The van der Waals surface area contributed by atoms with Crippen LogP contribution in [0.1, 0.15) is 23.4 Å². The number of benzene rings is 2. The average molecular weight is 272 g/mol. The maximum absolute atomic E-state index is 5.80. The highest BCUT2D eigenvalue weighted by molar-refractivity contribution is 6.20. The summed E-state index contributed by atoms with van der Waals surface area (Å²) in [4.78, 5) is 3.19. The summed E-state index contributed by atoms with van der Waals surface area (Å²) in [5.41, 5.74) is 3.72. The third kappa shape index (κ3) is 3.62. The van der Waals surface area contributed by atoms with Crippen LogP contribution < -0.4 is 0 Å². The lowest BCUT2D eigenvalue weighted by Crippen LogP contribution is -1.80. The molecule has 3 aromatic rings. The number of aromatic nitrogens is 1. The van der Waals surface area contributed by atoms with Gasteiger partial charge < -0.3 is 4.98 Å². The Bertz CT molecular complexity index is 626. The summed E-state index contributed by atoms with van der Waals surface area (Å²) >= 11 is 5.80. The average Bonchev–Trinajstić information content (AvgIpc) is 2.83. The Balaban J connectivity index is 0.000000141. The van der Waals surface area contributed by atoms with Crippen molar-refractivity contribution in [3.05, 3.63) is 71.9 Å². The fourth-order valence-corrected chi connectivity index (χ4v) is 2.08. The van der Waals surface area contributed by atoms with Crippen LogP contribution in [0.2, 0.25) is 0 Å². The van der Waals surface area contributed by atoms with Gasteiger partial charge in [0.15, 0.2) is 0 Å². The summed E-state index contributed by atoms with van der Waals surface area (Å²) < 4.78 is 0. The molecule has 0 amide bonds. The summed E-state index contributed by atoms with van der Waals surface area (Å²) in [7, 11) is 0. The molecule has 0 bridgehead atoms. The summed E-state index contributed by atoms with van der Waals surface area (Å²) in [6, 6.07) is 18.3. The van der Waals surface area contributed by atoms with Crippen LogP contribution in [0.5, 0.6) is 0 Å². The van der Waals surface area contributed by atoms with Crippen molar-refractivity contribution in [3.63, 3.8) is 0 Å². The molecule has 1 aromatic heterocycles. The number of halogens is 1. The van der Waals surface area contributed by atoms with Crippen molar-refractivity contribution in [2.75, 3.05) is 0 Å². The third-order valence-corrected chi connectivity index (χ3v) is 3.31. The van der Waals surface area contributed by atoms with E-state index < -0.39 is 0 Å². The van der Waals surface area contributed by atoms with Gasteiger partial charge in [0.25, 0.3) is 0 Å². The van der Waals surface area contributed by atoms with Crippen molar-refractivity contribution in [2.24, 2.45) is 0 Å². The molecule has 0 saturated carbocycles. The van der Waals surface area contributed by atoms with Gasteiger partial charge >= 0.3 is 0 Å². The molecule has 98 valence electrons. The summed E-state index contributed by atoms with van der Waals surface area (Å²) in [6.45, 7) is 4.08. The zero-order chi connectivity index (χ0) is 13.7. The van der Waals surface area contributed by atoms with E-state index in [0.29, 0.717) is 0 Å². The largest absolute Gasteiger partial charge is 0.361 e. The van der Waals surface area contributed by atoms with E-state index in [1.807, 2.05) is 49.5 Å². The molecule has 1 N–H and O–H groups in total. The van der Waals surface area contributed by atoms with Gasteiger partial charge in [-0.05, 0) is 31.0 Å². The van der Waals surface area contributed by atoms with E-state index in [1.54, 1.807) is 0 Å². The van der Waals surface area contributed by atoms with Gasteiger partial charge in [0, 0.05) is 17.1 Å². The number of para-hydroxylation sites is 1. The zero-order valence-corrected chi connectivity index (χ0v) is 12.0. The lowest BCUT2D eigenvalue weighted by molar-refractivity contribution is 1.08. The summed E-state index contributed by atoms with van der Waals surface area (Å²) in [5, 5.41) is 1.45. The number of aryl methyl sites for hydroxylation is 1. The van der Waals surface area contributed by atoms with Crippen LogP contribution in [0.25, 0.3) is 10.9 Å². The van der Waals surface area contributed by atoms with Gasteiger partial charge in [-0.3, -0.25) is 0 Å². The molecule has 19 heavy (non-hydrogen) atoms. The molecule has 1 unspecified atom stereocenters. The molecule has 0 fully saturated rings. The van der Waals surface area contributed by atoms with Gasteiger partial charge in [0.05, 0.1) is 5.38 Å². The molecule has 2 aromatic carbocycles. The second kappa shape index (κ2) is 6.44. The Kier molecular flexibility index (Phi) is 4.64. The molecule has 0 spiro atoms. The fraction of sp³-hybridized carbons (Fsp3) is 0.176. The highest BCUT2D eigenvalue weighted by Crippen LogP contribution is 2.17. The second-order valence-electron chi connectivity index (χ2n) is 4.54. The third-order valence-electron chi connectivity index (χ3n) is 3.05. The number of nitrogens with one attached hydrogen (secondary N) is 1. The molecule has 3 rings (SSSR count). The Labute approximate surface area is 119 Å². The molecular formula is C17H18ClN. The van der Waals surface area contributed by atoms with Gasteiger partial charge in [0.1, 0.15) is 0 Å². The van der Waals surface area contributed by atoms with Crippen molar-refractivity contribution in [1.29, 1.82) is 0 Å². The number of alkyl halides is 1. The van der Waals surface area contributed by atoms with E-state index in [4.69, 9.17) is 11.6 Å². The van der Waals surface area contributed by atoms with Crippen LogP contribution in [0, 0.1) is 6.92 Å². The molecule has 1 nitrogen and oxygen atoms in total. The number of hydrogen-bond acceptors (Lipinski definition) is 0. The number of fused-ring (bicyclic) bond motifs is 1. The molecule has 0 aliphatic carbocycles. The fourth-order valence-electron chi connectivity index (χ4n) is 1.93. The second-order valence-corrected chi connectivity index (χ2v) is 5.20. The van der Waals surface area contributed by atoms with Crippen LogP contribution in [0.4, 0.5) is 0 Å². The maximum Gasteiger partial charge on any atom is 0.0557 e. The van der Waals surface area contributed by atoms with Crippen molar-refractivity contribution in [1.82, 2.24) is 4.98 Å². The predicted octanol–water partition coefficient (Wildman–Crippen LogP) is 5.46.